The number of amides is 1. The first kappa shape index (κ1) is 14.0. The number of esters is 1. The lowest BCUT2D eigenvalue weighted by molar-refractivity contribution is -0.152. The van der Waals surface area contributed by atoms with Crippen LogP contribution in [0, 0.1) is 5.41 Å². The standard InChI is InChI=1S/C12H22N2O3/c1-12(2,11(16)17-4)8-14-7-5-6-9(14)10(15)13-3/h9H,5-8H2,1-4H3,(H,13,15). The average Bonchev–Trinajstić information content (AvgIpc) is 2.74. The molecule has 0 aliphatic carbocycles. The largest absolute Gasteiger partial charge is 0.469 e. The molecule has 1 rings (SSSR count). The van der Waals surface area contributed by atoms with Crippen molar-refractivity contribution in [2.24, 2.45) is 5.41 Å². The molecular formula is C12H22N2O3. The van der Waals surface area contributed by atoms with Crippen LogP contribution in [0.2, 0.25) is 0 Å². The van der Waals surface area contributed by atoms with Crippen molar-refractivity contribution in [2.75, 3.05) is 27.2 Å². The molecule has 1 saturated heterocycles. The number of nitrogens with one attached hydrogen (secondary N) is 1. The highest BCUT2D eigenvalue weighted by Crippen LogP contribution is 2.25. The molecule has 1 unspecified atom stereocenters. The molecule has 0 aromatic carbocycles. The molecule has 0 radical (unpaired) electrons. The Hall–Kier alpha value is -1.10. The first-order valence-corrected chi connectivity index (χ1v) is 5.96. The number of hydrogen-bond acceptors (Lipinski definition) is 4. The second-order valence-corrected chi connectivity index (χ2v) is 5.12. The summed E-state index contributed by atoms with van der Waals surface area (Å²) in [7, 11) is 3.04. The van der Waals surface area contributed by atoms with Crippen molar-refractivity contribution < 1.29 is 14.3 Å². The van der Waals surface area contributed by atoms with E-state index < -0.39 is 5.41 Å². The average molecular weight is 242 g/mol. The Morgan fingerprint density at radius 3 is 2.65 bits per heavy atom. The van der Waals surface area contributed by atoms with Gasteiger partial charge in [0.05, 0.1) is 18.6 Å². The first-order valence-electron chi connectivity index (χ1n) is 5.96. The Kier molecular flexibility index (Phi) is 4.51. The van der Waals surface area contributed by atoms with Gasteiger partial charge < -0.3 is 10.1 Å². The number of carbonyl (C=O) groups is 2. The van der Waals surface area contributed by atoms with Crippen LogP contribution in [0.25, 0.3) is 0 Å². The van der Waals surface area contributed by atoms with Crippen molar-refractivity contribution in [3.8, 4) is 0 Å². The van der Waals surface area contributed by atoms with Crippen molar-refractivity contribution in [3.05, 3.63) is 0 Å². The zero-order chi connectivity index (χ0) is 13.1. The number of hydrogen-bond donors (Lipinski definition) is 1. The van der Waals surface area contributed by atoms with Gasteiger partial charge in [0.2, 0.25) is 5.91 Å². The summed E-state index contributed by atoms with van der Waals surface area (Å²) in [6.45, 7) is 5.10. The number of likely N-dealkylation sites (N-methyl/N-ethyl adjacent to an activating group) is 1. The number of likely N-dealkylation sites (tertiary alicyclic amines) is 1. The van der Waals surface area contributed by atoms with Gasteiger partial charge in [-0.2, -0.15) is 0 Å². The predicted octanol–water partition coefficient (Wildman–Crippen LogP) is 0.396. The van der Waals surface area contributed by atoms with Crippen LogP contribution >= 0.6 is 0 Å². The normalized spacial score (nSPS) is 21.3. The molecule has 0 aromatic rings. The minimum absolute atomic E-state index is 0.0307. The van der Waals surface area contributed by atoms with Crippen LogP contribution in [0.1, 0.15) is 26.7 Å². The first-order chi connectivity index (χ1) is 7.92. The highest BCUT2D eigenvalue weighted by Gasteiger charge is 2.37. The second kappa shape index (κ2) is 5.49. The van der Waals surface area contributed by atoms with E-state index in [1.165, 1.54) is 7.11 Å². The Bertz CT molecular complexity index is 302. The number of methoxy groups -OCH3 is 1. The molecule has 0 spiro atoms. The molecule has 1 aliphatic rings. The topological polar surface area (TPSA) is 58.6 Å². The van der Waals surface area contributed by atoms with E-state index in [0.717, 1.165) is 19.4 Å². The smallest absolute Gasteiger partial charge is 0.312 e. The molecule has 1 fully saturated rings. The zero-order valence-corrected chi connectivity index (χ0v) is 11.1. The summed E-state index contributed by atoms with van der Waals surface area (Å²) in [5, 5.41) is 2.67. The summed E-state index contributed by atoms with van der Waals surface area (Å²) < 4.78 is 4.78. The zero-order valence-electron chi connectivity index (χ0n) is 11.1. The van der Waals surface area contributed by atoms with Crippen LogP contribution in [0.15, 0.2) is 0 Å². The molecule has 1 N–H and O–H groups in total. The lowest BCUT2D eigenvalue weighted by Gasteiger charge is -2.30. The molecule has 5 heteroatoms. The summed E-state index contributed by atoms with van der Waals surface area (Å²) >= 11 is 0. The lowest BCUT2D eigenvalue weighted by atomic mass is 9.92. The second-order valence-electron chi connectivity index (χ2n) is 5.12. The van der Waals surface area contributed by atoms with E-state index in [4.69, 9.17) is 4.74 Å². The number of carbonyl (C=O) groups excluding carboxylic acids is 2. The van der Waals surface area contributed by atoms with Crippen LogP contribution in [0.5, 0.6) is 0 Å². The fourth-order valence-electron chi connectivity index (χ4n) is 2.33. The van der Waals surface area contributed by atoms with Gasteiger partial charge in [0.25, 0.3) is 0 Å². The van der Waals surface area contributed by atoms with Crippen molar-refractivity contribution in [3.63, 3.8) is 0 Å². The lowest BCUT2D eigenvalue weighted by Crippen LogP contribution is -2.47. The molecule has 1 atom stereocenters. The van der Waals surface area contributed by atoms with Gasteiger partial charge in [0, 0.05) is 13.6 Å². The fourth-order valence-corrected chi connectivity index (χ4v) is 2.33. The van der Waals surface area contributed by atoms with E-state index in [1.807, 2.05) is 13.8 Å². The van der Waals surface area contributed by atoms with Crippen LogP contribution < -0.4 is 5.32 Å². The predicted molar refractivity (Wildman–Crippen MR) is 64.5 cm³/mol. The molecule has 0 aromatic heterocycles. The molecule has 0 bridgehead atoms. The minimum atomic E-state index is -0.578. The van der Waals surface area contributed by atoms with Crippen LogP contribution in [0.3, 0.4) is 0 Å². The van der Waals surface area contributed by atoms with Gasteiger partial charge in [-0.25, -0.2) is 0 Å². The fraction of sp³-hybridized carbons (Fsp3) is 0.833. The monoisotopic (exact) mass is 242 g/mol. The van der Waals surface area contributed by atoms with Gasteiger partial charge in [-0.1, -0.05) is 0 Å². The Morgan fingerprint density at radius 2 is 2.12 bits per heavy atom. The minimum Gasteiger partial charge on any atom is -0.469 e. The van der Waals surface area contributed by atoms with E-state index in [2.05, 4.69) is 10.2 Å². The van der Waals surface area contributed by atoms with Crippen LogP contribution in [-0.2, 0) is 14.3 Å². The summed E-state index contributed by atoms with van der Waals surface area (Å²) in [6.07, 6.45) is 1.85. The molecule has 1 heterocycles. The van der Waals surface area contributed by atoms with E-state index in [0.29, 0.717) is 6.54 Å². The maximum atomic E-state index is 11.7. The van der Waals surface area contributed by atoms with Crippen molar-refractivity contribution >= 4 is 11.9 Å². The van der Waals surface area contributed by atoms with Crippen molar-refractivity contribution in [2.45, 2.75) is 32.7 Å². The van der Waals surface area contributed by atoms with Gasteiger partial charge in [-0.3, -0.25) is 14.5 Å². The summed E-state index contributed by atoms with van der Waals surface area (Å²) in [6, 6.07) is -0.107. The third-order valence-electron chi connectivity index (χ3n) is 3.25. The maximum absolute atomic E-state index is 11.7. The van der Waals surface area contributed by atoms with Crippen LogP contribution in [0.4, 0.5) is 0 Å². The summed E-state index contributed by atoms with van der Waals surface area (Å²) in [4.78, 5) is 25.4. The molecule has 17 heavy (non-hydrogen) atoms. The van der Waals surface area contributed by atoms with Crippen molar-refractivity contribution in [1.82, 2.24) is 10.2 Å². The SMILES string of the molecule is CNC(=O)C1CCCN1CC(C)(C)C(=O)OC. The highest BCUT2D eigenvalue weighted by molar-refractivity contribution is 5.82. The molecule has 1 aliphatic heterocycles. The third kappa shape index (κ3) is 3.19. The van der Waals surface area contributed by atoms with Gasteiger partial charge in [-0.05, 0) is 33.2 Å². The van der Waals surface area contributed by atoms with Gasteiger partial charge in [-0.15, -0.1) is 0 Å². The van der Waals surface area contributed by atoms with Gasteiger partial charge >= 0.3 is 5.97 Å². The summed E-state index contributed by atoms with van der Waals surface area (Å²) in [5.74, 6) is -0.205. The van der Waals surface area contributed by atoms with Gasteiger partial charge in [0.1, 0.15) is 0 Å². The van der Waals surface area contributed by atoms with E-state index in [9.17, 15) is 9.59 Å². The Morgan fingerprint density at radius 1 is 1.47 bits per heavy atom. The molecule has 0 saturated carbocycles. The molecule has 5 nitrogen and oxygen atoms in total. The molecule has 1 amide bonds. The molecule has 98 valence electrons. The number of rotatable bonds is 4. The van der Waals surface area contributed by atoms with Gasteiger partial charge in [0.15, 0.2) is 0 Å². The quantitative estimate of drug-likeness (QED) is 0.725. The third-order valence-corrected chi connectivity index (χ3v) is 3.25. The Balaban J connectivity index is 2.67. The highest BCUT2D eigenvalue weighted by atomic mass is 16.5. The Labute approximate surface area is 102 Å². The molecular weight excluding hydrogens is 220 g/mol. The van der Waals surface area contributed by atoms with E-state index in [-0.39, 0.29) is 17.9 Å². The van der Waals surface area contributed by atoms with Crippen molar-refractivity contribution in [1.29, 1.82) is 0 Å². The van der Waals surface area contributed by atoms with E-state index >= 15 is 0 Å². The summed E-state index contributed by atoms with van der Waals surface area (Å²) in [5.41, 5.74) is -0.578. The maximum Gasteiger partial charge on any atom is 0.312 e. The van der Waals surface area contributed by atoms with Crippen LogP contribution in [-0.4, -0.2) is 50.1 Å². The van der Waals surface area contributed by atoms with E-state index in [1.54, 1.807) is 7.05 Å². The number of nitrogens with zero attached hydrogens (tertiary/aromatic N) is 1. The number of ether oxygens (including phenoxy) is 1.